The van der Waals surface area contributed by atoms with Gasteiger partial charge in [-0.05, 0) is 36.1 Å². The molecule has 0 saturated heterocycles. The second kappa shape index (κ2) is 5.88. The number of hydrogen-bond acceptors (Lipinski definition) is 2. The highest BCUT2D eigenvalue weighted by molar-refractivity contribution is 5.94. The fraction of sp³-hybridized carbons (Fsp3) is 0.158. The third-order valence-electron chi connectivity index (χ3n) is 3.81. The van der Waals surface area contributed by atoms with Crippen LogP contribution in [0.3, 0.4) is 0 Å². The highest BCUT2D eigenvalue weighted by Crippen LogP contribution is 2.27. The first-order chi connectivity index (χ1) is 10.3. The average molecular weight is 276 g/mol. The summed E-state index contributed by atoms with van der Waals surface area (Å²) in [6, 6.07) is 23.1. The molecule has 3 rings (SSSR count). The fourth-order valence-corrected chi connectivity index (χ4v) is 2.76. The van der Waals surface area contributed by atoms with Gasteiger partial charge in [-0.3, -0.25) is 0 Å². The molecule has 2 nitrogen and oxygen atoms in total. The maximum absolute atomic E-state index is 5.89. The first kappa shape index (κ1) is 13.5. The van der Waals surface area contributed by atoms with Crippen molar-refractivity contribution in [2.24, 2.45) is 0 Å². The van der Waals surface area contributed by atoms with Crippen molar-refractivity contribution in [1.82, 2.24) is 0 Å². The van der Waals surface area contributed by atoms with Crippen molar-refractivity contribution in [3.05, 3.63) is 72.3 Å². The summed E-state index contributed by atoms with van der Waals surface area (Å²) in [6.07, 6.45) is 0. The van der Waals surface area contributed by atoms with E-state index < -0.39 is 0 Å². The lowest BCUT2D eigenvalue weighted by Crippen LogP contribution is -2.22. The Kier molecular flexibility index (Phi) is 3.78. The number of nitrogen functional groups attached to an aromatic ring is 1. The maximum Gasteiger partial charge on any atom is 0.0448 e. The lowest BCUT2D eigenvalue weighted by Gasteiger charge is -2.25. The van der Waals surface area contributed by atoms with Gasteiger partial charge in [-0.15, -0.1) is 0 Å². The predicted molar refractivity (Wildman–Crippen MR) is 91.5 cm³/mol. The molecule has 0 aromatic heterocycles. The molecule has 0 amide bonds. The molecule has 0 radical (unpaired) electrons. The maximum atomic E-state index is 5.89. The van der Waals surface area contributed by atoms with Gasteiger partial charge in [-0.25, -0.2) is 0 Å². The summed E-state index contributed by atoms with van der Waals surface area (Å²) in [4.78, 5) is 2.39. The number of hydrogen-bond donors (Lipinski definition) is 1. The minimum atomic E-state index is 0.821. The van der Waals surface area contributed by atoms with Crippen LogP contribution in [-0.4, -0.2) is 6.54 Å². The molecule has 3 aromatic rings. The zero-order valence-corrected chi connectivity index (χ0v) is 12.3. The number of rotatable bonds is 4. The largest absolute Gasteiger partial charge is 0.399 e. The monoisotopic (exact) mass is 276 g/mol. The molecule has 0 aliphatic carbocycles. The van der Waals surface area contributed by atoms with E-state index in [9.17, 15) is 0 Å². The first-order valence-electron chi connectivity index (χ1n) is 7.35. The van der Waals surface area contributed by atoms with E-state index in [1.165, 1.54) is 22.0 Å². The summed E-state index contributed by atoms with van der Waals surface area (Å²) >= 11 is 0. The summed E-state index contributed by atoms with van der Waals surface area (Å²) < 4.78 is 0. The molecule has 3 aromatic carbocycles. The quantitative estimate of drug-likeness (QED) is 0.713. The molecule has 21 heavy (non-hydrogen) atoms. The Morgan fingerprint density at radius 1 is 0.905 bits per heavy atom. The smallest absolute Gasteiger partial charge is 0.0448 e. The second-order valence-corrected chi connectivity index (χ2v) is 5.26. The van der Waals surface area contributed by atoms with Crippen LogP contribution in [0.4, 0.5) is 11.4 Å². The zero-order valence-electron chi connectivity index (χ0n) is 12.3. The van der Waals surface area contributed by atoms with Crippen LogP contribution in [0.15, 0.2) is 66.7 Å². The van der Waals surface area contributed by atoms with E-state index in [0.717, 1.165) is 18.8 Å². The molecule has 0 heterocycles. The number of benzene rings is 3. The van der Waals surface area contributed by atoms with Crippen molar-refractivity contribution < 1.29 is 0 Å². The van der Waals surface area contributed by atoms with Gasteiger partial charge in [-0.1, -0.05) is 48.5 Å². The van der Waals surface area contributed by atoms with Crippen molar-refractivity contribution in [2.75, 3.05) is 17.2 Å². The second-order valence-electron chi connectivity index (χ2n) is 5.26. The minimum absolute atomic E-state index is 0.821. The third-order valence-corrected chi connectivity index (χ3v) is 3.81. The van der Waals surface area contributed by atoms with Gasteiger partial charge >= 0.3 is 0 Å². The highest BCUT2D eigenvalue weighted by atomic mass is 15.1. The Hall–Kier alpha value is -2.48. The molecule has 0 saturated carbocycles. The topological polar surface area (TPSA) is 29.3 Å². The van der Waals surface area contributed by atoms with Gasteiger partial charge in [0.15, 0.2) is 0 Å². The Bertz CT molecular complexity index is 744. The molecule has 0 bridgehead atoms. The van der Waals surface area contributed by atoms with Gasteiger partial charge in [0.2, 0.25) is 0 Å². The Morgan fingerprint density at radius 3 is 2.48 bits per heavy atom. The van der Waals surface area contributed by atoms with E-state index in [4.69, 9.17) is 5.73 Å². The number of fused-ring (bicyclic) bond motifs is 1. The van der Waals surface area contributed by atoms with Gasteiger partial charge in [0, 0.05) is 29.9 Å². The van der Waals surface area contributed by atoms with Crippen molar-refractivity contribution >= 4 is 22.1 Å². The van der Waals surface area contributed by atoms with Crippen molar-refractivity contribution in [3.63, 3.8) is 0 Å². The molecular formula is C19H20N2. The molecule has 0 aliphatic rings. The van der Waals surface area contributed by atoms with Crippen LogP contribution in [0.1, 0.15) is 12.5 Å². The van der Waals surface area contributed by atoms with E-state index in [0.29, 0.717) is 0 Å². The lowest BCUT2D eigenvalue weighted by molar-refractivity contribution is 0.836. The molecule has 0 spiro atoms. The molecule has 0 unspecified atom stereocenters. The van der Waals surface area contributed by atoms with E-state index in [2.05, 4.69) is 60.4 Å². The summed E-state index contributed by atoms with van der Waals surface area (Å²) in [7, 11) is 0. The molecular weight excluding hydrogens is 256 g/mol. The third kappa shape index (κ3) is 2.84. The predicted octanol–water partition coefficient (Wildman–Crippen LogP) is 4.45. The first-order valence-corrected chi connectivity index (χ1v) is 7.35. The number of nitrogens with zero attached hydrogens (tertiary/aromatic N) is 1. The number of nitrogens with two attached hydrogens (primary N) is 1. The van der Waals surface area contributed by atoms with Gasteiger partial charge < -0.3 is 10.6 Å². The molecule has 0 atom stereocenters. The summed E-state index contributed by atoms with van der Waals surface area (Å²) in [5, 5.41) is 2.58. The van der Waals surface area contributed by atoms with E-state index in [1.54, 1.807) is 0 Å². The standard InChI is InChI=1S/C19H20N2/c1-2-21(14-15-7-5-10-17(20)13-15)19-12-6-9-16-8-3-4-11-18(16)19/h3-13H,2,14,20H2,1H3. The summed E-state index contributed by atoms with van der Waals surface area (Å²) in [5.41, 5.74) is 9.22. The van der Waals surface area contributed by atoms with Gasteiger partial charge in [-0.2, -0.15) is 0 Å². The Balaban J connectivity index is 1.98. The molecule has 106 valence electrons. The van der Waals surface area contributed by atoms with Gasteiger partial charge in [0.25, 0.3) is 0 Å². The normalized spacial score (nSPS) is 10.7. The van der Waals surface area contributed by atoms with Crippen LogP contribution in [0, 0.1) is 0 Å². The van der Waals surface area contributed by atoms with E-state index in [-0.39, 0.29) is 0 Å². The van der Waals surface area contributed by atoms with Crippen molar-refractivity contribution in [1.29, 1.82) is 0 Å². The zero-order chi connectivity index (χ0) is 14.7. The van der Waals surface area contributed by atoms with Gasteiger partial charge in [0.1, 0.15) is 0 Å². The molecule has 0 aliphatic heterocycles. The lowest BCUT2D eigenvalue weighted by atomic mass is 10.1. The van der Waals surface area contributed by atoms with Crippen LogP contribution >= 0.6 is 0 Å². The van der Waals surface area contributed by atoms with Crippen LogP contribution < -0.4 is 10.6 Å². The molecule has 0 fully saturated rings. The van der Waals surface area contributed by atoms with Crippen LogP contribution in [0.2, 0.25) is 0 Å². The fourth-order valence-electron chi connectivity index (χ4n) is 2.76. The molecule has 2 N–H and O–H groups in total. The molecule has 2 heteroatoms. The van der Waals surface area contributed by atoms with Crippen molar-refractivity contribution in [3.8, 4) is 0 Å². The Morgan fingerprint density at radius 2 is 1.67 bits per heavy atom. The summed E-state index contributed by atoms with van der Waals surface area (Å²) in [5.74, 6) is 0. The highest BCUT2D eigenvalue weighted by Gasteiger charge is 2.09. The Labute approximate surface area is 125 Å². The van der Waals surface area contributed by atoms with Gasteiger partial charge in [0.05, 0.1) is 0 Å². The average Bonchev–Trinajstić information content (AvgIpc) is 2.52. The summed E-state index contributed by atoms with van der Waals surface area (Å²) in [6.45, 7) is 4.02. The SMILES string of the molecule is CCN(Cc1cccc(N)c1)c1cccc2ccccc12. The van der Waals surface area contributed by atoms with E-state index >= 15 is 0 Å². The van der Waals surface area contributed by atoms with Crippen LogP contribution in [0.5, 0.6) is 0 Å². The van der Waals surface area contributed by atoms with Crippen LogP contribution in [-0.2, 0) is 6.54 Å². The van der Waals surface area contributed by atoms with E-state index in [1.807, 2.05) is 18.2 Å². The number of anilines is 2. The minimum Gasteiger partial charge on any atom is -0.399 e. The van der Waals surface area contributed by atoms with Crippen LogP contribution in [0.25, 0.3) is 10.8 Å². The van der Waals surface area contributed by atoms with Crippen molar-refractivity contribution in [2.45, 2.75) is 13.5 Å².